The lowest BCUT2D eigenvalue weighted by Crippen LogP contribution is -2.42. The number of ketones is 1. The highest BCUT2D eigenvalue weighted by Gasteiger charge is 2.41. The third-order valence-electron chi connectivity index (χ3n) is 4.13. The van der Waals surface area contributed by atoms with E-state index in [4.69, 9.17) is 13.7 Å². The van der Waals surface area contributed by atoms with E-state index in [1.54, 1.807) is 25.9 Å². The molecule has 122 valence electrons. The summed E-state index contributed by atoms with van der Waals surface area (Å²) in [4.78, 5) is 15.5. The van der Waals surface area contributed by atoms with Crippen LogP contribution in [0, 0.1) is 0 Å². The first-order valence-corrected chi connectivity index (χ1v) is 7.51. The van der Waals surface area contributed by atoms with Crippen molar-refractivity contribution in [3.8, 4) is 0 Å². The van der Waals surface area contributed by atoms with Gasteiger partial charge in [0.15, 0.2) is 0 Å². The first kappa shape index (κ1) is 8.25. The second-order valence-electron chi connectivity index (χ2n) is 5.70. The highest BCUT2D eigenvalue weighted by molar-refractivity contribution is 5.93. The number of Topliss-reactive ketones (excluding diaryl/α,β-unsaturated/α-hetero) is 1. The minimum absolute atomic E-state index is 0.148. The summed E-state index contributed by atoms with van der Waals surface area (Å²) in [7, 11) is 3.46. The van der Waals surface area contributed by atoms with Crippen LogP contribution in [0.3, 0.4) is 0 Å². The summed E-state index contributed by atoms with van der Waals surface area (Å²) < 4.78 is 82.7. The van der Waals surface area contributed by atoms with Crippen LogP contribution in [0.25, 0.3) is 0 Å². The first-order chi connectivity index (χ1) is 15.2. The maximum atomic E-state index is 13.7. The number of nitrogens with zero attached hydrogens (tertiary/aromatic N) is 1. The van der Waals surface area contributed by atoms with Gasteiger partial charge in [-0.05, 0) is 38.6 Å². The molecule has 1 unspecified atom stereocenters. The second-order valence-corrected chi connectivity index (χ2v) is 5.70. The average molecular weight is 320 g/mol. The summed E-state index contributed by atoms with van der Waals surface area (Å²) >= 11 is 0. The number of hydrogen-bond acceptors (Lipinski definition) is 2. The molecular formula is C21H27NO. The Labute approximate surface area is 154 Å². The maximum absolute atomic E-state index is 13.7. The number of carbonyl (C=O) groups excluding carboxylic acids is 1. The zero-order chi connectivity index (χ0) is 25.6. The molecule has 0 aliphatic heterocycles. The van der Waals surface area contributed by atoms with E-state index < -0.39 is 77.7 Å². The van der Waals surface area contributed by atoms with E-state index in [9.17, 15) is 4.79 Å². The van der Waals surface area contributed by atoms with Crippen LogP contribution in [0.4, 0.5) is 0 Å². The molecule has 0 spiro atoms. The van der Waals surface area contributed by atoms with Crippen molar-refractivity contribution in [2.75, 3.05) is 14.1 Å². The Hall–Kier alpha value is -1.93. The topological polar surface area (TPSA) is 20.3 Å². The van der Waals surface area contributed by atoms with Gasteiger partial charge < -0.3 is 4.90 Å². The van der Waals surface area contributed by atoms with Crippen molar-refractivity contribution in [1.29, 1.82) is 0 Å². The van der Waals surface area contributed by atoms with Crippen LogP contribution in [-0.2, 0) is 10.2 Å². The molecule has 2 aromatic carbocycles. The van der Waals surface area contributed by atoms with Crippen LogP contribution in [0.5, 0.6) is 0 Å². The van der Waals surface area contributed by atoms with E-state index in [2.05, 4.69) is 0 Å². The molecule has 0 N–H and O–H groups in total. The molecule has 0 fully saturated rings. The molecule has 0 saturated carbocycles. The van der Waals surface area contributed by atoms with Gasteiger partial charge in [0.25, 0.3) is 0 Å². The average Bonchev–Trinajstić information content (AvgIpc) is 2.77. The highest BCUT2D eigenvalue weighted by Crippen LogP contribution is 2.39. The molecule has 2 aromatic rings. The lowest BCUT2D eigenvalue weighted by Gasteiger charge is -2.37. The van der Waals surface area contributed by atoms with Crippen molar-refractivity contribution < 1.29 is 18.5 Å². The van der Waals surface area contributed by atoms with Crippen LogP contribution in [0.2, 0.25) is 0 Å². The molecular weight excluding hydrogens is 282 g/mol. The summed E-state index contributed by atoms with van der Waals surface area (Å²) in [6, 6.07) is -6.92. The minimum atomic E-state index is -2.07. The maximum Gasteiger partial charge on any atom is 0.147 e. The fourth-order valence-corrected chi connectivity index (χ4v) is 2.58. The normalized spacial score (nSPS) is 19.2. The Bertz CT molecular complexity index is 988. The fourth-order valence-electron chi connectivity index (χ4n) is 2.58. The molecule has 0 aliphatic carbocycles. The fraction of sp³-hybridized carbons (Fsp3) is 0.381. The predicted molar refractivity (Wildman–Crippen MR) is 96.7 cm³/mol. The summed E-state index contributed by atoms with van der Waals surface area (Å²) in [6.45, 7) is 3.28. The quantitative estimate of drug-likeness (QED) is 0.758. The van der Waals surface area contributed by atoms with Crippen molar-refractivity contribution in [2.24, 2.45) is 0 Å². The Kier molecular flexibility index (Phi) is 2.71. The number of benzene rings is 2. The summed E-state index contributed by atoms with van der Waals surface area (Å²) in [6.07, 6.45) is -0.306. The van der Waals surface area contributed by atoms with E-state index >= 15 is 0 Å². The molecule has 2 heteroatoms. The van der Waals surface area contributed by atoms with Crippen LogP contribution < -0.4 is 0 Å². The molecule has 23 heavy (non-hydrogen) atoms. The molecule has 2 rings (SSSR count). The second kappa shape index (κ2) is 7.56. The van der Waals surface area contributed by atoms with Crippen molar-refractivity contribution in [2.45, 2.75) is 38.1 Å². The van der Waals surface area contributed by atoms with E-state index in [1.807, 2.05) is 0 Å². The first-order valence-electron chi connectivity index (χ1n) is 12.5. The molecule has 0 bridgehead atoms. The van der Waals surface area contributed by atoms with Crippen molar-refractivity contribution in [1.82, 2.24) is 4.90 Å². The zero-order valence-corrected chi connectivity index (χ0v) is 13.8. The van der Waals surface area contributed by atoms with Crippen molar-refractivity contribution >= 4 is 5.78 Å². The number of carbonyl (C=O) groups is 1. The Morgan fingerprint density at radius 1 is 1.04 bits per heavy atom. The smallest absolute Gasteiger partial charge is 0.147 e. The van der Waals surface area contributed by atoms with E-state index in [-0.39, 0.29) is 24.0 Å². The van der Waals surface area contributed by atoms with Crippen LogP contribution in [-0.4, -0.2) is 30.8 Å². The number of hydrogen-bond donors (Lipinski definition) is 0. The van der Waals surface area contributed by atoms with E-state index in [0.717, 1.165) is 0 Å². The van der Waals surface area contributed by atoms with Gasteiger partial charge in [0.05, 0.1) is 19.1 Å². The highest BCUT2D eigenvalue weighted by atomic mass is 16.1. The van der Waals surface area contributed by atoms with Crippen LogP contribution in [0.15, 0.2) is 60.4 Å². The monoisotopic (exact) mass is 319 g/mol. The molecule has 0 radical (unpaired) electrons. The molecule has 0 heterocycles. The van der Waals surface area contributed by atoms with Gasteiger partial charge in [0.2, 0.25) is 0 Å². The van der Waals surface area contributed by atoms with Gasteiger partial charge in [-0.2, -0.15) is 0 Å². The van der Waals surface area contributed by atoms with Crippen molar-refractivity contribution in [3.05, 3.63) is 71.6 Å². The van der Waals surface area contributed by atoms with Gasteiger partial charge in [-0.3, -0.25) is 4.79 Å². The van der Waals surface area contributed by atoms with Gasteiger partial charge in [-0.15, -0.1) is 0 Å². The van der Waals surface area contributed by atoms with Crippen LogP contribution in [0.1, 0.15) is 51.5 Å². The summed E-state index contributed by atoms with van der Waals surface area (Å²) in [5.74, 6) is -0.603. The Balaban J connectivity index is 3.28. The molecule has 2 nitrogen and oxygen atoms in total. The van der Waals surface area contributed by atoms with Gasteiger partial charge in [-0.25, -0.2) is 0 Å². The van der Waals surface area contributed by atoms with Gasteiger partial charge in [0.1, 0.15) is 5.78 Å². The van der Waals surface area contributed by atoms with Gasteiger partial charge >= 0.3 is 0 Å². The third-order valence-corrected chi connectivity index (χ3v) is 4.13. The molecule has 1 atom stereocenters. The Morgan fingerprint density at radius 2 is 1.48 bits per heavy atom. The standard InChI is InChI=1S/C21H27NO/c1-5-20(23)21(16-17(2)22(3)4,18-12-8-6-9-13-18)19-14-10-7-11-15-19/h6-15,17H,5,16H2,1-4H3/i6D,7D,8D,9D,10D,11D,12D,13D,14D,15D. The van der Waals surface area contributed by atoms with E-state index in [1.165, 1.54) is 6.92 Å². The third kappa shape index (κ3) is 3.53. The Morgan fingerprint density at radius 3 is 1.83 bits per heavy atom. The minimum Gasteiger partial charge on any atom is -0.307 e. The number of rotatable bonds is 7. The summed E-state index contributed by atoms with van der Waals surface area (Å²) in [5.41, 5.74) is -2.83. The van der Waals surface area contributed by atoms with E-state index in [0.29, 0.717) is 0 Å². The van der Waals surface area contributed by atoms with Crippen molar-refractivity contribution in [3.63, 3.8) is 0 Å². The van der Waals surface area contributed by atoms with Gasteiger partial charge in [0, 0.05) is 12.5 Å². The lowest BCUT2D eigenvalue weighted by molar-refractivity contribution is -0.123. The molecule has 0 aromatic heterocycles. The molecule has 0 saturated heterocycles. The van der Waals surface area contributed by atoms with Crippen LogP contribution >= 0.6 is 0 Å². The predicted octanol–water partition coefficient (Wildman–Crippen LogP) is 4.29. The largest absolute Gasteiger partial charge is 0.307 e. The molecule has 0 aliphatic rings. The molecule has 0 amide bonds. The lowest BCUT2D eigenvalue weighted by atomic mass is 9.67. The van der Waals surface area contributed by atoms with Gasteiger partial charge in [-0.1, -0.05) is 67.3 Å². The zero-order valence-electron chi connectivity index (χ0n) is 23.8. The SMILES string of the molecule is [2H]c1c([2H])c([2H])c(C(CC(C)N(C)C)(C(=O)CC)c2c([2H])c([2H])c([2H])c([2H])c2[2H])c([2H])c1[2H]. The summed E-state index contributed by atoms with van der Waals surface area (Å²) in [5, 5.41) is 0.